The maximum Gasteiger partial charge on any atom is 0.234 e. The number of terminal acetylenes is 1. The quantitative estimate of drug-likeness (QED) is 0.646. The molecular weight excluding hydrogens is 226 g/mol. The largest absolute Gasteiger partial charge is 0.344 e. The van der Waals surface area contributed by atoms with Gasteiger partial charge in [0.15, 0.2) is 0 Å². The van der Waals surface area contributed by atoms with E-state index in [1.165, 1.54) is 12.8 Å². The highest BCUT2D eigenvalue weighted by Crippen LogP contribution is 2.08. The van der Waals surface area contributed by atoms with Gasteiger partial charge in [0, 0.05) is 19.1 Å². The summed E-state index contributed by atoms with van der Waals surface area (Å²) < 4.78 is 0. The molecule has 2 N–H and O–H groups in total. The lowest BCUT2D eigenvalue weighted by atomic mass is 10.1. The predicted molar refractivity (Wildman–Crippen MR) is 74.1 cm³/mol. The summed E-state index contributed by atoms with van der Waals surface area (Å²) in [7, 11) is 0. The number of nitrogens with zero attached hydrogens (tertiary/aromatic N) is 1. The lowest BCUT2D eigenvalue weighted by Crippen LogP contribution is -2.44. The summed E-state index contributed by atoms with van der Waals surface area (Å²) >= 11 is 0. The smallest absolute Gasteiger partial charge is 0.234 e. The molecule has 0 aromatic heterocycles. The van der Waals surface area contributed by atoms with Crippen LogP contribution in [-0.2, 0) is 4.79 Å². The van der Waals surface area contributed by atoms with E-state index >= 15 is 0 Å². The van der Waals surface area contributed by atoms with Gasteiger partial charge in [0.2, 0.25) is 5.91 Å². The van der Waals surface area contributed by atoms with Gasteiger partial charge in [-0.2, -0.15) is 0 Å². The second-order valence-electron chi connectivity index (χ2n) is 5.36. The first-order valence-electron chi connectivity index (χ1n) is 6.77. The van der Waals surface area contributed by atoms with E-state index in [-0.39, 0.29) is 5.91 Å². The SMILES string of the molecule is C#CCNC(=O)CN(CC(C)C)CC1CCCN1. The molecule has 102 valence electrons. The van der Waals surface area contributed by atoms with Gasteiger partial charge in [0.05, 0.1) is 13.1 Å². The van der Waals surface area contributed by atoms with Crippen LogP contribution in [0.15, 0.2) is 0 Å². The minimum Gasteiger partial charge on any atom is -0.344 e. The number of rotatable bonds is 7. The van der Waals surface area contributed by atoms with Crippen molar-refractivity contribution in [1.29, 1.82) is 0 Å². The molecule has 1 atom stereocenters. The fourth-order valence-electron chi connectivity index (χ4n) is 2.35. The van der Waals surface area contributed by atoms with Crippen LogP contribution in [0.1, 0.15) is 26.7 Å². The summed E-state index contributed by atoms with van der Waals surface area (Å²) in [5, 5.41) is 6.19. The Balaban J connectivity index is 2.38. The van der Waals surface area contributed by atoms with Crippen molar-refractivity contribution in [3.8, 4) is 12.3 Å². The Morgan fingerprint density at radius 1 is 1.61 bits per heavy atom. The molecule has 0 saturated carbocycles. The Labute approximate surface area is 110 Å². The molecule has 1 unspecified atom stereocenters. The number of nitrogens with one attached hydrogen (secondary N) is 2. The molecule has 1 aliphatic rings. The summed E-state index contributed by atoms with van der Waals surface area (Å²) in [4.78, 5) is 13.9. The molecule has 1 heterocycles. The molecule has 18 heavy (non-hydrogen) atoms. The van der Waals surface area contributed by atoms with Crippen LogP contribution in [0.2, 0.25) is 0 Å². The van der Waals surface area contributed by atoms with Crippen LogP contribution in [0, 0.1) is 18.3 Å². The third-order valence-electron chi connectivity index (χ3n) is 3.02. The third-order valence-corrected chi connectivity index (χ3v) is 3.02. The highest BCUT2D eigenvalue weighted by atomic mass is 16.2. The van der Waals surface area contributed by atoms with Crippen LogP contribution in [-0.4, -0.2) is 49.6 Å². The second-order valence-corrected chi connectivity index (χ2v) is 5.36. The Morgan fingerprint density at radius 2 is 2.39 bits per heavy atom. The molecule has 1 aliphatic heterocycles. The number of carbonyl (C=O) groups excluding carboxylic acids is 1. The van der Waals surface area contributed by atoms with Crippen LogP contribution in [0.4, 0.5) is 0 Å². The van der Waals surface area contributed by atoms with Gasteiger partial charge in [-0.05, 0) is 25.3 Å². The molecule has 1 rings (SSSR count). The van der Waals surface area contributed by atoms with E-state index < -0.39 is 0 Å². The maximum atomic E-state index is 11.7. The van der Waals surface area contributed by atoms with Gasteiger partial charge in [0.25, 0.3) is 0 Å². The fraction of sp³-hybridized carbons (Fsp3) is 0.786. The summed E-state index contributed by atoms with van der Waals surface area (Å²) in [6.07, 6.45) is 7.58. The van der Waals surface area contributed by atoms with Gasteiger partial charge in [-0.25, -0.2) is 0 Å². The van der Waals surface area contributed by atoms with E-state index in [4.69, 9.17) is 6.42 Å². The molecule has 0 aromatic rings. The average molecular weight is 251 g/mol. The molecule has 0 radical (unpaired) electrons. The van der Waals surface area contributed by atoms with Crippen LogP contribution >= 0.6 is 0 Å². The normalized spacial score (nSPS) is 19.2. The van der Waals surface area contributed by atoms with Gasteiger partial charge in [-0.1, -0.05) is 19.8 Å². The zero-order valence-electron chi connectivity index (χ0n) is 11.5. The molecule has 1 fully saturated rings. The predicted octanol–water partition coefficient (Wildman–Crippen LogP) is 0.446. The first-order chi connectivity index (χ1) is 8.61. The highest BCUT2D eigenvalue weighted by molar-refractivity contribution is 5.78. The minimum atomic E-state index is 0.0200. The van der Waals surface area contributed by atoms with Gasteiger partial charge in [-0.3, -0.25) is 9.69 Å². The standard InChI is InChI=1S/C14H25N3O/c1-4-7-16-14(18)11-17(9-12(2)3)10-13-6-5-8-15-13/h1,12-13,15H,5-11H2,2-3H3,(H,16,18). The van der Waals surface area contributed by atoms with Gasteiger partial charge in [0.1, 0.15) is 0 Å². The molecule has 4 nitrogen and oxygen atoms in total. The number of hydrogen-bond acceptors (Lipinski definition) is 3. The Kier molecular flexibility index (Phi) is 6.77. The molecule has 1 amide bonds. The zero-order chi connectivity index (χ0) is 13.4. The third kappa shape index (κ3) is 6.04. The second kappa shape index (κ2) is 8.12. The lowest BCUT2D eigenvalue weighted by Gasteiger charge is -2.26. The van der Waals surface area contributed by atoms with Crippen molar-refractivity contribution in [2.24, 2.45) is 5.92 Å². The number of amides is 1. The van der Waals surface area contributed by atoms with Crippen molar-refractivity contribution >= 4 is 5.91 Å². The van der Waals surface area contributed by atoms with Crippen molar-refractivity contribution in [3.63, 3.8) is 0 Å². The minimum absolute atomic E-state index is 0.0200. The van der Waals surface area contributed by atoms with Crippen LogP contribution in [0.3, 0.4) is 0 Å². The van der Waals surface area contributed by atoms with Crippen molar-refractivity contribution < 1.29 is 4.79 Å². The molecule has 0 aliphatic carbocycles. The Hall–Kier alpha value is -1.05. The van der Waals surface area contributed by atoms with Crippen LogP contribution in [0.5, 0.6) is 0 Å². The van der Waals surface area contributed by atoms with Crippen LogP contribution in [0.25, 0.3) is 0 Å². The van der Waals surface area contributed by atoms with Crippen molar-refractivity contribution in [2.75, 3.05) is 32.7 Å². The summed E-state index contributed by atoms with van der Waals surface area (Å²) in [6, 6.07) is 0.532. The first-order valence-corrected chi connectivity index (χ1v) is 6.77. The summed E-state index contributed by atoms with van der Waals surface area (Å²) in [6.45, 7) is 8.10. The number of carbonyl (C=O) groups is 1. The van der Waals surface area contributed by atoms with Crippen molar-refractivity contribution in [2.45, 2.75) is 32.7 Å². The summed E-state index contributed by atoms with van der Waals surface area (Å²) in [5.41, 5.74) is 0. The van der Waals surface area contributed by atoms with Gasteiger partial charge in [-0.15, -0.1) is 6.42 Å². The monoisotopic (exact) mass is 251 g/mol. The highest BCUT2D eigenvalue weighted by Gasteiger charge is 2.19. The molecule has 0 bridgehead atoms. The Bertz CT molecular complexity index is 290. The summed E-state index contributed by atoms with van der Waals surface area (Å²) in [5.74, 6) is 3.00. The van der Waals surface area contributed by atoms with E-state index in [1.54, 1.807) is 0 Å². The van der Waals surface area contributed by atoms with Crippen molar-refractivity contribution in [3.05, 3.63) is 0 Å². The van der Waals surface area contributed by atoms with Crippen molar-refractivity contribution in [1.82, 2.24) is 15.5 Å². The zero-order valence-corrected chi connectivity index (χ0v) is 11.5. The molecule has 1 saturated heterocycles. The topological polar surface area (TPSA) is 44.4 Å². The average Bonchev–Trinajstić information content (AvgIpc) is 2.78. The van der Waals surface area contributed by atoms with E-state index in [2.05, 4.69) is 35.3 Å². The maximum absolute atomic E-state index is 11.7. The number of hydrogen-bond donors (Lipinski definition) is 2. The molecule has 0 aromatic carbocycles. The molecule has 4 heteroatoms. The van der Waals surface area contributed by atoms with Gasteiger partial charge >= 0.3 is 0 Å². The molecule has 0 spiro atoms. The van der Waals surface area contributed by atoms with Gasteiger partial charge < -0.3 is 10.6 Å². The van der Waals surface area contributed by atoms with E-state index in [1.807, 2.05) is 0 Å². The van der Waals surface area contributed by atoms with E-state index in [0.29, 0.717) is 25.0 Å². The fourth-order valence-corrected chi connectivity index (χ4v) is 2.35. The molecular formula is C14H25N3O. The van der Waals surface area contributed by atoms with Crippen LogP contribution < -0.4 is 10.6 Å². The first kappa shape index (κ1) is 15.0. The van der Waals surface area contributed by atoms with E-state index in [0.717, 1.165) is 19.6 Å². The Morgan fingerprint density at radius 3 is 2.94 bits per heavy atom. The lowest BCUT2D eigenvalue weighted by molar-refractivity contribution is -0.122. The van der Waals surface area contributed by atoms with E-state index in [9.17, 15) is 4.79 Å².